The third-order valence-electron chi connectivity index (χ3n) is 2.53. The Bertz CT molecular complexity index is 445. The van der Waals surface area contributed by atoms with E-state index in [9.17, 15) is 14.4 Å². The Morgan fingerprint density at radius 3 is 2.65 bits per heavy atom. The quantitative estimate of drug-likeness (QED) is 0.552. The van der Waals surface area contributed by atoms with Crippen LogP contribution in [0.4, 0.5) is 0 Å². The fourth-order valence-electron chi connectivity index (χ4n) is 1.44. The first-order valence-electron chi connectivity index (χ1n) is 6.27. The molecule has 0 spiro atoms. The molecule has 7 heteroatoms. The summed E-state index contributed by atoms with van der Waals surface area (Å²) in [6, 6.07) is 1.75. The maximum absolute atomic E-state index is 11.6. The summed E-state index contributed by atoms with van der Waals surface area (Å²) < 4.78 is 4.46. The van der Waals surface area contributed by atoms with Crippen LogP contribution in [0.3, 0.4) is 0 Å². The number of carbonyl (C=O) groups is 3. The lowest BCUT2D eigenvalue weighted by atomic mass is 10.2. The van der Waals surface area contributed by atoms with Crippen LogP contribution in [0.25, 0.3) is 0 Å². The SMILES string of the molecule is COC(=O)CCNC(=O)CCCNC(=O)c1ccsc1. The predicted molar refractivity (Wildman–Crippen MR) is 75.5 cm³/mol. The summed E-state index contributed by atoms with van der Waals surface area (Å²) in [7, 11) is 1.31. The second-order valence-corrected chi connectivity index (χ2v) is 4.83. The standard InChI is InChI=1S/C13H18N2O4S/c1-19-12(17)4-7-14-11(16)3-2-6-15-13(18)10-5-8-20-9-10/h5,8-9H,2-4,6-7H2,1H3,(H,14,16)(H,15,18). The van der Waals surface area contributed by atoms with Crippen LogP contribution in [0.1, 0.15) is 29.6 Å². The lowest BCUT2D eigenvalue weighted by Crippen LogP contribution is -2.28. The molecule has 6 nitrogen and oxygen atoms in total. The van der Waals surface area contributed by atoms with Crippen molar-refractivity contribution in [2.45, 2.75) is 19.3 Å². The molecule has 2 N–H and O–H groups in total. The molecule has 0 aliphatic heterocycles. The molecule has 1 heterocycles. The van der Waals surface area contributed by atoms with Gasteiger partial charge < -0.3 is 15.4 Å². The van der Waals surface area contributed by atoms with Crippen LogP contribution in [0.15, 0.2) is 16.8 Å². The molecular weight excluding hydrogens is 280 g/mol. The van der Waals surface area contributed by atoms with Crippen LogP contribution in [0.2, 0.25) is 0 Å². The highest BCUT2D eigenvalue weighted by molar-refractivity contribution is 7.08. The van der Waals surface area contributed by atoms with E-state index in [-0.39, 0.29) is 30.7 Å². The van der Waals surface area contributed by atoms with Gasteiger partial charge in [-0.15, -0.1) is 0 Å². The normalized spacial score (nSPS) is 9.85. The molecule has 0 atom stereocenters. The molecule has 2 amide bonds. The molecule has 1 aromatic rings. The summed E-state index contributed by atoms with van der Waals surface area (Å²) in [5, 5.41) is 8.96. The third kappa shape index (κ3) is 6.33. The Morgan fingerprint density at radius 1 is 1.20 bits per heavy atom. The monoisotopic (exact) mass is 298 g/mol. The molecule has 0 saturated heterocycles. The maximum atomic E-state index is 11.6. The van der Waals surface area contributed by atoms with Crippen LogP contribution >= 0.6 is 11.3 Å². The average molecular weight is 298 g/mol. The van der Waals surface area contributed by atoms with Crippen molar-refractivity contribution in [3.05, 3.63) is 22.4 Å². The van der Waals surface area contributed by atoms with Crippen molar-refractivity contribution >= 4 is 29.1 Å². The Hall–Kier alpha value is -1.89. The highest BCUT2D eigenvalue weighted by Gasteiger charge is 2.06. The van der Waals surface area contributed by atoms with E-state index in [1.54, 1.807) is 11.4 Å². The first-order chi connectivity index (χ1) is 9.63. The van der Waals surface area contributed by atoms with Crippen molar-refractivity contribution in [2.24, 2.45) is 0 Å². The van der Waals surface area contributed by atoms with Crippen LogP contribution in [0, 0.1) is 0 Å². The molecule has 0 aliphatic rings. The molecular formula is C13H18N2O4S. The van der Waals surface area contributed by atoms with E-state index in [1.807, 2.05) is 5.38 Å². The largest absolute Gasteiger partial charge is 0.469 e. The van der Waals surface area contributed by atoms with Gasteiger partial charge in [0.15, 0.2) is 0 Å². The van der Waals surface area contributed by atoms with E-state index < -0.39 is 0 Å². The number of hydrogen-bond donors (Lipinski definition) is 2. The number of carbonyl (C=O) groups excluding carboxylic acids is 3. The van der Waals surface area contributed by atoms with Gasteiger partial charge in [0.1, 0.15) is 0 Å². The van der Waals surface area contributed by atoms with E-state index >= 15 is 0 Å². The number of nitrogens with one attached hydrogen (secondary N) is 2. The Morgan fingerprint density at radius 2 is 2.00 bits per heavy atom. The zero-order valence-corrected chi connectivity index (χ0v) is 12.1. The van der Waals surface area contributed by atoms with Gasteiger partial charge in [0.05, 0.1) is 13.5 Å². The number of hydrogen-bond acceptors (Lipinski definition) is 5. The van der Waals surface area contributed by atoms with Crippen LogP contribution in [-0.2, 0) is 14.3 Å². The Kier molecular flexibility index (Phi) is 7.34. The van der Waals surface area contributed by atoms with Crippen molar-refractivity contribution in [2.75, 3.05) is 20.2 Å². The minimum Gasteiger partial charge on any atom is -0.469 e. The highest BCUT2D eigenvalue weighted by atomic mass is 32.1. The molecule has 110 valence electrons. The highest BCUT2D eigenvalue weighted by Crippen LogP contribution is 2.05. The van der Waals surface area contributed by atoms with Gasteiger partial charge >= 0.3 is 5.97 Å². The average Bonchev–Trinajstić information content (AvgIpc) is 2.97. The predicted octanol–water partition coefficient (Wildman–Crippen LogP) is 0.937. The first-order valence-corrected chi connectivity index (χ1v) is 7.21. The van der Waals surface area contributed by atoms with E-state index in [1.165, 1.54) is 18.4 Å². The van der Waals surface area contributed by atoms with Gasteiger partial charge in [-0.2, -0.15) is 11.3 Å². The fourth-order valence-corrected chi connectivity index (χ4v) is 2.08. The van der Waals surface area contributed by atoms with Gasteiger partial charge in [-0.3, -0.25) is 14.4 Å². The zero-order chi connectivity index (χ0) is 14.8. The summed E-state index contributed by atoms with van der Waals surface area (Å²) >= 11 is 1.46. The van der Waals surface area contributed by atoms with Gasteiger partial charge in [-0.25, -0.2) is 0 Å². The molecule has 0 bridgehead atoms. The minimum atomic E-state index is -0.353. The number of methoxy groups -OCH3 is 1. The van der Waals surface area contributed by atoms with Crippen LogP contribution < -0.4 is 10.6 Å². The number of ether oxygens (including phenoxy) is 1. The minimum absolute atomic E-state index is 0.127. The van der Waals surface area contributed by atoms with Gasteiger partial charge in [-0.05, 0) is 17.9 Å². The van der Waals surface area contributed by atoms with Crippen molar-refractivity contribution in [3.63, 3.8) is 0 Å². The zero-order valence-electron chi connectivity index (χ0n) is 11.3. The summed E-state index contributed by atoms with van der Waals surface area (Å²) in [4.78, 5) is 33.8. The summed E-state index contributed by atoms with van der Waals surface area (Å²) in [5.41, 5.74) is 0.637. The van der Waals surface area contributed by atoms with Crippen molar-refractivity contribution < 1.29 is 19.1 Å². The molecule has 0 saturated carbocycles. The lowest BCUT2D eigenvalue weighted by Gasteiger charge is -2.05. The van der Waals surface area contributed by atoms with Crippen LogP contribution in [0.5, 0.6) is 0 Å². The number of rotatable bonds is 8. The molecule has 0 fully saturated rings. The Labute approximate surface area is 121 Å². The smallest absolute Gasteiger partial charge is 0.307 e. The molecule has 1 aromatic heterocycles. The van der Waals surface area contributed by atoms with Crippen molar-refractivity contribution in [3.8, 4) is 0 Å². The maximum Gasteiger partial charge on any atom is 0.307 e. The van der Waals surface area contributed by atoms with Crippen molar-refractivity contribution in [1.29, 1.82) is 0 Å². The molecule has 0 unspecified atom stereocenters. The van der Waals surface area contributed by atoms with Gasteiger partial charge in [0.25, 0.3) is 5.91 Å². The molecule has 1 rings (SSSR count). The Balaban J connectivity index is 2.04. The van der Waals surface area contributed by atoms with Crippen LogP contribution in [-0.4, -0.2) is 38.0 Å². The number of esters is 1. The van der Waals surface area contributed by atoms with Gasteiger partial charge in [0, 0.05) is 30.5 Å². The van der Waals surface area contributed by atoms with E-state index in [0.29, 0.717) is 24.9 Å². The molecule has 0 aromatic carbocycles. The number of thiophene rings is 1. The second-order valence-electron chi connectivity index (χ2n) is 4.05. The first kappa shape index (κ1) is 16.2. The fraction of sp³-hybridized carbons (Fsp3) is 0.462. The lowest BCUT2D eigenvalue weighted by molar-refractivity contribution is -0.140. The topological polar surface area (TPSA) is 84.5 Å². The summed E-state index contributed by atoms with van der Waals surface area (Å²) in [5.74, 6) is -0.621. The van der Waals surface area contributed by atoms with E-state index in [4.69, 9.17) is 0 Å². The van der Waals surface area contributed by atoms with Gasteiger partial charge in [0.2, 0.25) is 5.91 Å². The second kappa shape index (κ2) is 9.08. The van der Waals surface area contributed by atoms with E-state index in [0.717, 1.165) is 0 Å². The molecule has 0 aliphatic carbocycles. The van der Waals surface area contributed by atoms with E-state index in [2.05, 4.69) is 15.4 Å². The van der Waals surface area contributed by atoms with Crippen molar-refractivity contribution in [1.82, 2.24) is 10.6 Å². The van der Waals surface area contributed by atoms with Gasteiger partial charge in [-0.1, -0.05) is 0 Å². The molecule has 20 heavy (non-hydrogen) atoms. The number of amides is 2. The third-order valence-corrected chi connectivity index (χ3v) is 3.21. The summed E-state index contributed by atoms with van der Waals surface area (Å²) in [6.07, 6.45) is 1.03. The summed E-state index contributed by atoms with van der Waals surface area (Å²) in [6.45, 7) is 0.714. The molecule has 0 radical (unpaired) electrons.